The minimum Gasteiger partial charge on any atom is -0.508 e. The Bertz CT molecular complexity index is 502. The van der Waals surface area contributed by atoms with Crippen LogP contribution in [0, 0.1) is 6.57 Å². The normalized spacial score (nSPS) is 9.39. The third-order valence-electron chi connectivity index (χ3n) is 2.41. The molecule has 0 bridgehead atoms. The topological polar surface area (TPSA) is 57.0 Å². The number of hydrogen-bond acceptors (Lipinski definition) is 4. The highest BCUT2D eigenvalue weighted by molar-refractivity contribution is 5.98. The van der Waals surface area contributed by atoms with Gasteiger partial charge in [-0.3, -0.25) is 9.59 Å². The van der Waals surface area contributed by atoms with E-state index in [9.17, 15) is 9.59 Å². The Balaban J connectivity index is 2.81. The van der Waals surface area contributed by atoms with Gasteiger partial charge in [-0.25, -0.2) is 4.85 Å². The Labute approximate surface area is 105 Å². The molecule has 0 aliphatic carbocycles. The molecule has 0 radical (unpaired) electrons. The number of hydrogen-bond donors (Lipinski definition) is 0. The zero-order valence-corrected chi connectivity index (χ0v) is 10.2. The average molecular weight is 246 g/mol. The fraction of sp³-hybridized carbons (Fsp3) is 0.308. The van der Waals surface area contributed by atoms with Crippen molar-refractivity contribution in [3.8, 4) is 5.75 Å². The van der Waals surface area contributed by atoms with E-state index in [4.69, 9.17) is 11.3 Å². The zero-order valence-electron chi connectivity index (χ0n) is 10.2. The number of benzene rings is 1. The van der Waals surface area contributed by atoms with E-state index in [1.807, 2.05) is 0 Å². The van der Waals surface area contributed by atoms with Crippen molar-refractivity contribution in [3.05, 3.63) is 35.2 Å². The number of rotatable bonds is 5. The molecule has 1 aromatic rings. The molecule has 0 aromatic heterocycles. The van der Waals surface area contributed by atoms with Gasteiger partial charge in [0.05, 0.1) is 27.2 Å². The first-order valence-electron chi connectivity index (χ1n) is 5.28. The van der Waals surface area contributed by atoms with Crippen LogP contribution in [0.1, 0.15) is 23.2 Å². The second-order valence-corrected chi connectivity index (χ2v) is 3.50. The summed E-state index contributed by atoms with van der Waals surface area (Å²) in [6.45, 7) is 6.99. The molecule has 0 amide bonds. The molecule has 1 rings (SSSR count). The fourth-order valence-electron chi connectivity index (χ4n) is 1.41. The summed E-state index contributed by atoms with van der Waals surface area (Å²) in [6.07, 6.45) is 0.102. The highest BCUT2D eigenvalue weighted by Crippen LogP contribution is 2.28. The first-order chi connectivity index (χ1) is 8.62. The molecule has 0 atom stereocenters. The molecule has 0 saturated carbocycles. The van der Waals surface area contributed by atoms with Crippen molar-refractivity contribution in [2.75, 3.05) is 14.2 Å². The summed E-state index contributed by atoms with van der Waals surface area (Å²) in [7, 11) is 2.74. The van der Waals surface area contributed by atoms with Gasteiger partial charge in [-0.1, -0.05) is 6.07 Å². The van der Waals surface area contributed by atoms with Gasteiger partial charge in [0.25, 0.3) is 0 Å². The molecule has 5 heteroatoms. The molecule has 18 heavy (non-hydrogen) atoms. The van der Waals surface area contributed by atoms with Crippen LogP contribution in [0.5, 0.6) is 5.75 Å². The summed E-state index contributed by atoms with van der Waals surface area (Å²) >= 11 is 0. The lowest BCUT2D eigenvalue weighted by Gasteiger charge is -2.05. The number of carbonyl (C=O) groups excluding carboxylic acids is 2. The Hall–Kier alpha value is -2.35. The predicted octanol–water partition coefficient (Wildman–Crippen LogP) is 2.38. The van der Waals surface area contributed by atoms with Crippen molar-refractivity contribution in [1.29, 1.82) is 0 Å². The summed E-state index contributed by atoms with van der Waals surface area (Å²) in [6, 6.07) is 4.61. The van der Waals surface area contributed by atoms with Crippen LogP contribution in [0.3, 0.4) is 0 Å². The third-order valence-corrected chi connectivity index (χ3v) is 2.41. The molecule has 0 aliphatic rings. The predicted molar refractivity (Wildman–Crippen MR) is 64.8 cm³/mol. The molecular formula is C13H13NO4. The van der Waals surface area contributed by atoms with Crippen molar-refractivity contribution in [1.82, 2.24) is 0 Å². The summed E-state index contributed by atoms with van der Waals surface area (Å²) < 4.78 is 9.45. The minimum atomic E-state index is -0.428. The highest BCUT2D eigenvalue weighted by Gasteiger charge is 2.12. The van der Waals surface area contributed by atoms with Crippen LogP contribution in [-0.4, -0.2) is 26.0 Å². The maximum absolute atomic E-state index is 11.8. The first-order valence-corrected chi connectivity index (χ1v) is 5.28. The van der Waals surface area contributed by atoms with Gasteiger partial charge in [0.2, 0.25) is 5.69 Å². The summed E-state index contributed by atoms with van der Waals surface area (Å²) in [5.74, 6) is -0.204. The van der Waals surface area contributed by atoms with Gasteiger partial charge in [-0.2, -0.15) is 0 Å². The number of esters is 1. The number of ketones is 1. The van der Waals surface area contributed by atoms with Gasteiger partial charge < -0.3 is 9.47 Å². The first kappa shape index (κ1) is 13.7. The third kappa shape index (κ3) is 3.32. The van der Waals surface area contributed by atoms with E-state index >= 15 is 0 Å². The molecule has 1 aromatic carbocycles. The van der Waals surface area contributed by atoms with Gasteiger partial charge in [-0.15, -0.1) is 0 Å². The Morgan fingerprint density at radius 1 is 1.28 bits per heavy atom. The second kappa shape index (κ2) is 6.40. The number of carbonyl (C=O) groups is 2. The van der Waals surface area contributed by atoms with Gasteiger partial charge >= 0.3 is 5.97 Å². The Morgan fingerprint density at radius 2 is 2.00 bits per heavy atom. The number of Topliss-reactive ketones (excluding diaryl/α,β-unsaturated/α-hetero) is 1. The Kier molecular flexibility index (Phi) is 4.88. The lowest BCUT2D eigenvalue weighted by Crippen LogP contribution is -2.06. The van der Waals surface area contributed by atoms with Crippen LogP contribution in [0.25, 0.3) is 4.85 Å². The number of nitrogens with zero attached hydrogens (tertiary/aromatic N) is 1. The van der Waals surface area contributed by atoms with E-state index in [1.54, 1.807) is 12.1 Å². The quantitative estimate of drug-likeness (QED) is 0.454. The maximum Gasteiger partial charge on any atom is 0.305 e. The zero-order chi connectivity index (χ0) is 13.5. The van der Waals surface area contributed by atoms with Gasteiger partial charge in [0.1, 0.15) is 5.75 Å². The van der Waals surface area contributed by atoms with Gasteiger partial charge in [0, 0.05) is 12.0 Å². The molecule has 94 valence electrons. The van der Waals surface area contributed by atoms with Crippen LogP contribution in [0.4, 0.5) is 5.69 Å². The molecule has 0 unspecified atom stereocenters. The van der Waals surface area contributed by atoms with E-state index in [0.29, 0.717) is 11.3 Å². The lowest BCUT2D eigenvalue weighted by atomic mass is 10.1. The molecule has 5 nitrogen and oxygen atoms in total. The second-order valence-electron chi connectivity index (χ2n) is 3.50. The summed E-state index contributed by atoms with van der Waals surface area (Å²) in [5, 5.41) is 0. The SMILES string of the molecule is COC(=O)CCC(=O)c1ccc(OC)c([N+]#[11C-])c1. The fourth-order valence-corrected chi connectivity index (χ4v) is 1.41. The smallest absolute Gasteiger partial charge is 0.305 e. The molecule has 0 aliphatic heterocycles. The van der Waals surface area contributed by atoms with Crippen molar-refractivity contribution < 1.29 is 19.1 Å². The molecule has 0 fully saturated rings. The average Bonchev–Trinajstić information content (AvgIpc) is 2.43. The van der Waals surface area contributed by atoms with Crippen molar-refractivity contribution in [3.63, 3.8) is 0 Å². The van der Waals surface area contributed by atoms with Crippen LogP contribution < -0.4 is 4.74 Å². The Morgan fingerprint density at radius 3 is 2.56 bits per heavy atom. The molecular weight excluding hydrogens is 233 g/mol. The van der Waals surface area contributed by atoms with Gasteiger partial charge in [-0.05, 0) is 12.1 Å². The van der Waals surface area contributed by atoms with Crippen LogP contribution in [0.15, 0.2) is 18.2 Å². The monoisotopic (exact) mass is 246 g/mol. The van der Waals surface area contributed by atoms with E-state index in [-0.39, 0.29) is 24.3 Å². The van der Waals surface area contributed by atoms with Crippen LogP contribution in [-0.2, 0) is 9.53 Å². The van der Waals surface area contributed by atoms with E-state index in [1.165, 1.54) is 20.3 Å². The van der Waals surface area contributed by atoms with Crippen molar-refractivity contribution in [2.24, 2.45) is 0 Å². The highest BCUT2D eigenvalue weighted by atomic mass is 16.5. The standard InChI is InChI=1S/C13H13NO4/c1-14-10-8-9(4-6-12(10)17-2)11(15)5-7-13(16)18-3/h4,6,8H,5,7H2,2-3H3/i1-1. The van der Waals surface area contributed by atoms with E-state index in [2.05, 4.69) is 9.58 Å². The van der Waals surface area contributed by atoms with Crippen molar-refractivity contribution in [2.45, 2.75) is 12.8 Å². The minimum absolute atomic E-state index is 0.0364. The molecule has 0 heterocycles. The van der Waals surface area contributed by atoms with Gasteiger partial charge in [0.15, 0.2) is 5.78 Å². The molecule has 0 spiro atoms. The van der Waals surface area contributed by atoms with Crippen LogP contribution in [0.2, 0.25) is 0 Å². The largest absolute Gasteiger partial charge is 0.508 e. The van der Waals surface area contributed by atoms with Crippen molar-refractivity contribution >= 4 is 17.4 Å². The number of methoxy groups -OCH3 is 2. The summed E-state index contributed by atoms with van der Waals surface area (Å²) in [5.41, 5.74) is 0.673. The van der Waals surface area contributed by atoms with Crippen LogP contribution >= 0.6 is 0 Å². The summed E-state index contributed by atoms with van der Waals surface area (Å²) in [4.78, 5) is 26.0. The van der Waals surface area contributed by atoms with E-state index in [0.717, 1.165) is 0 Å². The molecule has 0 N–H and O–H groups in total. The number of ether oxygens (including phenoxy) is 2. The van der Waals surface area contributed by atoms with E-state index < -0.39 is 5.97 Å². The maximum atomic E-state index is 11.8. The molecule has 0 saturated heterocycles. The lowest BCUT2D eigenvalue weighted by molar-refractivity contribution is -0.140.